The van der Waals surface area contributed by atoms with Gasteiger partial charge in [0, 0.05) is 19.1 Å². The van der Waals surface area contributed by atoms with Gasteiger partial charge in [-0.25, -0.2) is 8.42 Å². The number of aliphatic hydroxyl groups excluding tert-OH is 1. The molecule has 2 unspecified atom stereocenters. The lowest BCUT2D eigenvalue weighted by atomic mass is 10.2. The van der Waals surface area contributed by atoms with Crippen LogP contribution >= 0.6 is 0 Å². The van der Waals surface area contributed by atoms with Crippen LogP contribution in [0, 0.1) is 0 Å². The first kappa shape index (κ1) is 14.8. The molecule has 2 N–H and O–H groups in total. The number of hydrogen-bond acceptors (Lipinski definition) is 5. The van der Waals surface area contributed by atoms with Crippen molar-refractivity contribution in [2.75, 3.05) is 38.6 Å². The molecule has 0 saturated carbocycles. The van der Waals surface area contributed by atoms with E-state index in [2.05, 4.69) is 5.32 Å². The first-order chi connectivity index (χ1) is 8.01. The minimum atomic E-state index is -3.27. The maximum absolute atomic E-state index is 12.1. The smallest absolute Gasteiger partial charge is 0.215 e. The molecule has 1 rings (SSSR count). The number of ether oxygens (including phenoxy) is 1. The van der Waals surface area contributed by atoms with Gasteiger partial charge in [-0.3, -0.25) is 0 Å². The van der Waals surface area contributed by atoms with E-state index in [0.29, 0.717) is 13.2 Å². The van der Waals surface area contributed by atoms with E-state index in [4.69, 9.17) is 9.84 Å². The number of morpholine rings is 1. The molecule has 0 bridgehead atoms. The normalized spacial score (nSPS) is 27.2. The molecular weight excluding hydrogens is 244 g/mol. The molecule has 1 saturated heterocycles. The molecule has 1 aliphatic rings. The van der Waals surface area contributed by atoms with Gasteiger partial charge in [0.25, 0.3) is 0 Å². The van der Waals surface area contributed by atoms with E-state index in [9.17, 15) is 8.42 Å². The molecule has 0 aromatic rings. The second-order valence-corrected chi connectivity index (χ2v) is 6.27. The van der Waals surface area contributed by atoms with Crippen LogP contribution in [0.25, 0.3) is 0 Å². The third kappa shape index (κ3) is 4.18. The molecule has 0 spiro atoms. The zero-order chi connectivity index (χ0) is 12.9. The van der Waals surface area contributed by atoms with Crippen LogP contribution in [0.3, 0.4) is 0 Å². The van der Waals surface area contributed by atoms with Gasteiger partial charge < -0.3 is 15.2 Å². The van der Waals surface area contributed by atoms with E-state index in [1.54, 1.807) is 0 Å². The van der Waals surface area contributed by atoms with Gasteiger partial charge in [0.2, 0.25) is 10.0 Å². The summed E-state index contributed by atoms with van der Waals surface area (Å²) in [4.78, 5) is 0. The Balaban J connectivity index is 2.61. The molecule has 6 nitrogen and oxygen atoms in total. The summed E-state index contributed by atoms with van der Waals surface area (Å²) in [5, 5.41) is 12.0. The largest absolute Gasteiger partial charge is 0.394 e. The second kappa shape index (κ2) is 6.65. The van der Waals surface area contributed by atoms with Crippen LogP contribution in [0.15, 0.2) is 0 Å². The second-order valence-electron chi connectivity index (χ2n) is 4.23. The van der Waals surface area contributed by atoms with Gasteiger partial charge in [-0.2, -0.15) is 4.31 Å². The molecule has 0 amide bonds. The van der Waals surface area contributed by atoms with Gasteiger partial charge in [-0.1, -0.05) is 6.92 Å². The molecule has 102 valence electrons. The number of nitrogens with zero attached hydrogens (tertiary/aromatic N) is 1. The quantitative estimate of drug-likeness (QED) is 0.603. The first-order valence-corrected chi connectivity index (χ1v) is 7.55. The molecule has 7 heteroatoms. The summed E-state index contributed by atoms with van der Waals surface area (Å²) in [5.74, 6) is 0.0866. The molecule has 1 aliphatic heterocycles. The van der Waals surface area contributed by atoms with Crippen molar-refractivity contribution in [1.29, 1.82) is 0 Å². The predicted molar refractivity (Wildman–Crippen MR) is 65.3 cm³/mol. The number of hydrogen-bond donors (Lipinski definition) is 2. The van der Waals surface area contributed by atoms with Crippen molar-refractivity contribution in [2.24, 2.45) is 0 Å². The van der Waals surface area contributed by atoms with Crippen molar-refractivity contribution < 1.29 is 18.3 Å². The summed E-state index contributed by atoms with van der Waals surface area (Å²) in [6.45, 7) is 5.40. The van der Waals surface area contributed by atoms with Crippen LogP contribution < -0.4 is 5.32 Å². The van der Waals surface area contributed by atoms with Crippen molar-refractivity contribution in [3.8, 4) is 0 Å². The summed E-state index contributed by atoms with van der Waals surface area (Å²) < 4.78 is 30.9. The lowest BCUT2D eigenvalue weighted by Crippen LogP contribution is -2.53. The summed E-state index contributed by atoms with van der Waals surface area (Å²) in [6, 6.07) is -0.163. The Kier molecular flexibility index (Phi) is 5.81. The molecule has 2 atom stereocenters. The van der Waals surface area contributed by atoms with Crippen molar-refractivity contribution in [3.05, 3.63) is 0 Å². The van der Waals surface area contributed by atoms with Gasteiger partial charge in [0.1, 0.15) is 0 Å². The van der Waals surface area contributed by atoms with E-state index in [-0.39, 0.29) is 24.9 Å². The number of sulfonamides is 1. The van der Waals surface area contributed by atoms with Crippen LogP contribution in [-0.2, 0) is 14.8 Å². The highest BCUT2D eigenvalue weighted by Gasteiger charge is 2.33. The maximum atomic E-state index is 12.1. The van der Waals surface area contributed by atoms with Crippen molar-refractivity contribution in [2.45, 2.75) is 26.0 Å². The molecule has 0 aliphatic carbocycles. The fourth-order valence-electron chi connectivity index (χ4n) is 1.79. The van der Waals surface area contributed by atoms with E-state index in [0.717, 1.165) is 6.54 Å². The Labute approximate surface area is 103 Å². The zero-order valence-electron chi connectivity index (χ0n) is 10.4. The van der Waals surface area contributed by atoms with Crippen LogP contribution in [0.5, 0.6) is 0 Å². The highest BCUT2D eigenvalue weighted by atomic mass is 32.2. The Morgan fingerprint density at radius 1 is 1.53 bits per heavy atom. The van der Waals surface area contributed by atoms with E-state index in [1.807, 2.05) is 13.8 Å². The topological polar surface area (TPSA) is 78.9 Å². The number of nitrogens with one attached hydrogen (secondary N) is 1. The van der Waals surface area contributed by atoms with Gasteiger partial charge in [0.05, 0.1) is 25.1 Å². The van der Waals surface area contributed by atoms with Crippen LogP contribution in [-0.4, -0.2) is 68.6 Å². The molecule has 17 heavy (non-hydrogen) atoms. The molecule has 1 fully saturated rings. The third-order valence-electron chi connectivity index (χ3n) is 2.80. The van der Waals surface area contributed by atoms with Gasteiger partial charge in [0.15, 0.2) is 0 Å². The van der Waals surface area contributed by atoms with Gasteiger partial charge >= 0.3 is 0 Å². The number of aliphatic hydroxyl groups is 1. The fourth-order valence-corrected chi connectivity index (χ4v) is 3.42. The summed E-state index contributed by atoms with van der Waals surface area (Å²) in [5.41, 5.74) is 0. The minimum Gasteiger partial charge on any atom is -0.394 e. The Morgan fingerprint density at radius 2 is 2.24 bits per heavy atom. The monoisotopic (exact) mass is 266 g/mol. The van der Waals surface area contributed by atoms with Crippen LogP contribution in [0.2, 0.25) is 0 Å². The standard InChI is InChI=1S/C10H22N2O4S/c1-3-11-4-5-17(14,15)12-6-10(7-13)16-8-9(12)2/h9-11,13H,3-8H2,1-2H3. The Morgan fingerprint density at radius 3 is 2.82 bits per heavy atom. The zero-order valence-corrected chi connectivity index (χ0v) is 11.2. The van der Waals surface area contributed by atoms with Gasteiger partial charge in [-0.15, -0.1) is 0 Å². The van der Waals surface area contributed by atoms with E-state index < -0.39 is 16.1 Å². The van der Waals surface area contributed by atoms with Crippen molar-refractivity contribution >= 4 is 10.0 Å². The third-order valence-corrected chi connectivity index (χ3v) is 4.74. The number of rotatable bonds is 6. The lowest BCUT2D eigenvalue weighted by molar-refractivity contribution is -0.0516. The predicted octanol–water partition coefficient (Wildman–Crippen LogP) is -0.993. The summed E-state index contributed by atoms with van der Waals surface area (Å²) in [7, 11) is -3.27. The summed E-state index contributed by atoms with van der Waals surface area (Å²) >= 11 is 0. The van der Waals surface area contributed by atoms with Crippen LogP contribution in [0.4, 0.5) is 0 Å². The van der Waals surface area contributed by atoms with Crippen LogP contribution in [0.1, 0.15) is 13.8 Å². The van der Waals surface area contributed by atoms with E-state index in [1.165, 1.54) is 4.31 Å². The molecular formula is C10H22N2O4S. The molecule has 0 aromatic carbocycles. The highest BCUT2D eigenvalue weighted by Crippen LogP contribution is 2.16. The molecule has 0 radical (unpaired) electrons. The SMILES string of the molecule is CCNCCS(=O)(=O)N1CC(CO)OCC1C. The average molecular weight is 266 g/mol. The fraction of sp³-hybridized carbons (Fsp3) is 1.00. The summed E-state index contributed by atoms with van der Waals surface area (Å²) in [6.07, 6.45) is -0.403. The maximum Gasteiger partial charge on any atom is 0.215 e. The molecule has 0 aromatic heterocycles. The van der Waals surface area contributed by atoms with E-state index >= 15 is 0 Å². The Bertz CT molecular complexity index is 320. The van der Waals surface area contributed by atoms with Crippen molar-refractivity contribution in [3.63, 3.8) is 0 Å². The molecule has 1 heterocycles. The van der Waals surface area contributed by atoms with Gasteiger partial charge in [-0.05, 0) is 13.5 Å². The Hall–Kier alpha value is -0.210. The highest BCUT2D eigenvalue weighted by molar-refractivity contribution is 7.89. The lowest BCUT2D eigenvalue weighted by Gasteiger charge is -2.36. The average Bonchev–Trinajstić information content (AvgIpc) is 2.29. The van der Waals surface area contributed by atoms with Crippen molar-refractivity contribution in [1.82, 2.24) is 9.62 Å². The first-order valence-electron chi connectivity index (χ1n) is 5.94. The minimum absolute atomic E-state index is 0.0866.